The average molecular weight is 284 g/mol. The van der Waals surface area contributed by atoms with E-state index in [1.807, 2.05) is 0 Å². The predicted molar refractivity (Wildman–Crippen MR) is 75.9 cm³/mol. The van der Waals surface area contributed by atoms with Crippen LogP contribution in [0.1, 0.15) is 27.7 Å². The van der Waals surface area contributed by atoms with Crippen LogP contribution < -0.4 is 4.90 Å². The van der Waals surface area contributed by atoms with Gasteiger partial charge in [-0.1, -0.05) is 38.4 Å². The maximum absolute atomic E-state index is 12.2. The standard InChI is InChI=1S/C14H18ClNO3/c1-9(12(17)14(2,3)4)16(13(18)19)11-7-5-6-10(15)8-11/h5-9H,1-4H3,(H,18,19)/t9-/m0/s1. The number of Topliss-reactive ketones (excluding diaryl/α,β-unsaturated/α-hetero) is 1. The van der Waals surface area contributed by atoms with Gasteiger partial charge in [0.25, 0.3) is 0 Å². The maximum atomic E-state index is 12.2. The molecule has 0 saturated carbocycles. The van der Waals surface area contributed by atoms with Crippen molar-refractivity contribution in [2.75, 3.05) is 4.90 Å². The summed E-state index contributed by atoms with van der Waals surface area (Å²) < 4.78 is 0. The van der Waals surface area contributed by atoms with Gasteiger partial charge in [-0.25, -0.2) is 4.79 Å². The van der Waals surface area contributed by atoms with E-state index >= 15 is 0 Å². The van der Waals surface area contributed by atoms with Gasteiger partial charge >= 0.3 is 6.09 Å². The van der Waals surface area contributed by atoms with Crippen molar-refractivity contribution in [1.82, 2.24) is 0 Å². The number of rotatable bonds is 3. The first kappa shape index (κ1) is 15.5. The van der Waals surface area contributed by atoms with E-state index in [0.29, 0.717) is 10.7 Å². The van der Waals surface area contributed by atoms with Gasteiger partial charge in [0, 0.05) is 16.1 Å². The van der Waals surface area contributed by atoms with Crippen LogP contribution in [-0.4, -0.2) is 23.0 Å². The van der Waals surface area contributed by atoms with Gasteiger partial charge in [-0.2, -0.15) is 0 Å². The van der Waals surface area contributed by atoms with Gasteiger partial charge in [-0.15, -0.1) is 0 Å². The smallest absolute Gasteiger partial charge is 0.412 e. The number of benzene rings is 1. The third kappa shape index (κ3) is 3.70. The van der Waals surface area contributed by atoms with E-state index in [1.54, 1.807) is 45.9 Å². The second-order valence-electron chi connectivity index (χ2n) is 5.42. The molecule has 0 aliphatic carbocycles. The van der Waals surface area contributed by atoms with E-state index in [4.69, 9.17) is 11.6 Å². The largest absolute Gasteiger partial charge is 0.465 e. The number of anilines is 1. The first-order valence-electron chi connectivity index (χ1n) is 5.96. The molecule has 104 valence electrons. The van der Waals surface area contributed by atoms with Crippen molar-refractivity contribution >= 4 is 29.2 Å². The number of carbonyl (C=O) groups is 2. The third-order valence-corrected chi connectivity index (χ3v) is 3.03. The molecule has 0 heterocycles. The molecule has 1 rings (SSSR count). The highest BCUT2D eigenvalue weighted by atomic mass is 35.5. The SMILES string of the molecule is C[C@@H](C(=O)C(C)(C)C)N(C(=O)O)c1cccc(Cl)c1. The highest BCUT2D eigenvalue weighted by Crippen LogP contribution is 2.26. The lowest BCUT2D eigenvalue weighted by Crippen LogP contribution is -2.46. The summed E-state index contributed by atoms with van der Waals surface area (Å²) >= 11 is 5.86. The van der Waals surface area contributed by atoms with Crippen LogP contribution in [0.2, 0.25) is 5.02 Å². The Balaban J connectivity index is 3.16. The monoisotopic (exact) mass is 283 g/mol. The van der Waals surface area contributed by atoms with Gasteiger partial charge in [0.1, 0.15) is 0 Å². The van der Waals surface area contributed by atoms with Crippen molar-refractivity contribution in [2.45, 2.75) is 33.7 Å². The highest BCUT2D eigenvalue weighted by molar-refractivity contribution is 6.30. The number of nitrogens with zero attached hydrogens (tertiary/aromatic N) is 1. The molecule has 0 bridgehead atoms. The van der Waals surface area contributed by atoms with Gasteiger partial charge in [-0.3, -0.25) is 9.69 Å². The van der Waals surface area contributed by atoms with Gasteiger partial charge < -0.3 is 5.11 Å². The molecule has 0 fully saturated rings. The summed E-state index contributed by atoms with van der Waals surface area (Å²) in [5.74, 6) is -0.144. The van der Waals surface area contributed by atoms with Crippen LogP contribution in [0.5, 0.6) is 0 Å². The van der Waals surface area contributed by atoms with Crippen molar-refractivity contribution < 1.29 is 14.7 Å². The molecular weight excluding hydrogens is 266 g/mol. The summed E-state index contributed by atoms with van der Waals surface area (Å²) in [7, 11) is 0. The zero-order valence-corrected chi connectivity index (χ0v) is 12.2. The van der Waals surface area contributed by atoms with Gasteiger partial charge in [0.05, 0.1) is 6.04 Å². The normalized spacial score (nSPS) is 12.9. The van der Waals surface area contributed by atoms with Crippen LogP contribution in [-0.2, 0) is 4.79 Å². The van der Waals surface area contributed by atoms with Crippen molar-refractivity contribution in [2.24, 2.45) is 5.41 Å². The molecule has 0 spiro atoms. The fraction of sp³-hybridized carbons (Fsp3) is 0.429. The molecule has 1 aromatic carbocycles. The van der Waals surface area contributed by atoms with Crippen LogP contribution in [0.25, 0.3) is 0 Å². The van der Waals surface area contributed by atoms with E-state index in [1.165, 1.54) is 6.07 Å². The number of ketones is 1. The third-order valence-electron chi connectivity index (χ3n) is 2.80. The molecule has 0 saturated heterocycles. The van der Waals surface area contributed by atoms with Crippen LogP contribution in [0.3, 0.4) is 0 Å². The summed E-state index contributed by atoms with van der Waals surface area (Å²) in [5.41, 5.74) is -0.212. The summed E-state index contributed by atoms with van der Waals surface area (Å²) in [6.45, 7) is 6.89. The second kappa shape index (κ2) is 5.61. The van der Waals surface area contributed by atoms with Crippen LogP contribution in [0.4, 0.5) is 10.5 Å². The Morgan fingerprint density at radius 2 is 1.89 bits per heavy atom. The molecule has 0 aliphatic rings. The number of carboxylic acid groups (broad SMARTS) is 1. The van der Waals surface area contributed by atoms with E-state index in [2.05, 4.69) is 0 Å². The fourth-order valence-corrected chi connectivity index (χ4v) is 2.05. The summed E-state index contributed by atoms with van der Waals surface area (Å²) in [6, 6.07) is 5.69. The Hall–Kier alpha value is -1.55. The lowest BCUT2D eigenvalue weighted by molar-refractivity contribution is -0.127. The number of hydrogen-bond donors (Lipinski definition) is 1. The van der Waals surface area contributed by atoms with Crippen molar-refractivity contribution in [3.05, 3.63) is 29.3 Å². The van der Waals surface area contributed by atoms with E-state index in [0.717, 1.165) is 4.90 Å². The van der Waals surface area contributed by atoms with Crippen molar-refractivity contribution in [1.29, 1.82) is 0 Å². The van der Waals surface area contributed by atoms with E-state index in [9.17, 15) is 14.7 Å². The number of amides is 1. The summed E-state index contributed by atoms with van der Waals surface area (Å²) in [6.07, 6.45) is -1.17. The van der Waals surface area contributed by atoms with E-state index in [-0.39, 0.29) is 5.78 Å². The average Bonchev–Trinajstić information content (AvgIpc) is 2.26. The Morgan fingerprint density at radius 3 is 2.32 bits per heavy atom. The van der Waals surface area contributed by atoms with E-state index < -0.39 is 17.6 Å². The predicted octanol–water partition coefficient (Wildman–Crippen LogP) is 3.83. The summed E-state index contributed by atoms with van der Waals surface area (Å²) in [5, 5.41) is 9.76. The number of carbonyl (C=O) groups excluding carboxylic acids is 1. The molecule has 1 aromatic rings. The first-order chi connectivity index (χ1) is 8.64. The number of hydrogen-bond acceptors (Lipinski definition) is 2. The van der Waals surface area contributed by atoms with Gasteiger partial charge in [-0.05, 0) is 25.1 Å². The topological polar surface area (TPSA) is 57.6 Å². The highest BCUT2D eigenvalue weighted by Gasteiger charge is 2.33. The number of halogens is 1. The van der Waals surface area contributed by atoms with Crippen LogP contribution in [0, 0.1) is 5.41 Å². The van der Waals surface area contributed by atoms with Crippen molar-refractivity contribution in [3.8, 4) is 0 Å². The fourth-order valence-electron chi connectivity index (χ4n) is 1.87. The molecule has 0 unspecified atom stereocenters. The molecule has 1 amide bonds. The van der Waals surface area contributed by atoms with Gasteiger partial charge in [0.15, 0.2) is 5.78 Å². The minimum atomic E-state index is -1.17. The molecule has 0 radical (unpaired) electrons. The lowest BCUT2D eigenvalue weighted by Gasteiger charge is -2.30. The Kier molecular flexibility index (Phi) is 4.58. The molecule has 4 nitrogen and oxygen atoms in total. The minimum Gasteiger partial charge on any atom is -0.465 e. The quantitative estimate of drug-likeness (QED) is 0.917. The Bertz CT molecular complexity index is 494. The molecule has 1 atom stereocenters. The molecule has 0 aromatic heterocycles. The molecule has 5 heteroatoms. The molecule has 1 N–H and O–H groups in total. The van der Waals surface area contributed by atoms with Crippen molar-refractivity contribution in [3.63, 3.8) is 0 Å². The van der Waals surface area contributed by atoms with Crippen LogP contribution >= 0.6 is 11.6 Å². The zero-order valence-electron chi connectivity index (χ0n) is 11.5. The lowest BCUT2D eigenvalue weighted by atomic mass is 9.86. The second-order valence-corrected chi connectivity index (χ2v) is 5.86. The first-order valence-corrected chi connectivity index (χ1v) is 6.34. The Labute approximate surface area is 118 Å². The molecular formula is C14H18ClNO3. The minimum absolute atomic E-state index is 0.144. The zero-order chi connectivity index (χ0) is 14.8. The maximum Gasteiger partial charge on any atom is 0.412 e. The Morgan fingerprint density at radius 1 is 1.32 bits per heavy atom. The molecule has 19 heavy (non-hydrogen) atoms. The summed E-state index contributed by atoms with van der Waals surface area (Å²) in [4.78, 5) is 24.7. The van der Waals surface area contributed by atoms with Crippen LogP contribution in [0.15, 0.2) is 24.3 Å². The molecule has 0 aliphatic heterocycles. The van der Waals surface area contributed by atoms with Gasteiger partial charge in [0.2, 0.25) is 0 Å².